The number of esters is 1. The predicted molar refractivity (Wildman–Crippen MR) is 79.8 cm³/mol. The number of ether oxygens (including phenoxy) is 2. The number of hydrogen-bond donors (Lipinski definition) is 1. The molecule has 1 heterocycles. The highest BCUT2D eigenvalue weighted by molar-refractivity contribution is 5.80. The van der Waals surface area contributed by atoms with Crippen molar-refractivity contribution in [1.29, 1.82) is 0 Å². The van der Waals surface area contributed by atoms with Crippen LogP contribution in [0.25, 0.3) is 0 Å². The van der Waals surface area contributed by atoms with E-state index in [0.717, 1.165) is 51.9 Å². The number of nitrogens with one attached hydrogen (secondary N) is 1. The standard InChI is InChI=1S/C15H30N2O3/c1-5-9-16-15(2,14(18)20-4)8-12-17-10-6-13(19-3)7-11-17/h13,16H,5-12H2,1-4H3. The van der Waals surface area contributed by atoms with Gasteiger partial charge in [-0.1, -0.05) is 6.92 Å². The lowest BCUT2D eigenvalue weighted by Crippen LogP contribution is -2.52. The Morgan fingerprint density at radius 2 is 2.00 bits per heavy atom. The lowest BCUT2D eigenvalue weighted by Gasteiger charge is -2.34. The van der Waals surface area contributed by atoms with Crippen LogP contribution in [-0.4, -0.2) is 62.9 Å². The van der Waals surface area contributed by atoms with Crippen molar-refractivity contribution in [3.63, 3.8) is 0 Å². The minimum Gasteiger partial charge on any atom is -0.468 e. The number of likely N-dealkylation sites (tertiary alicyclic amines) is 1. The minimum absolute atomic E-state index is 0.169. The molecule has 0 aromatic carbocycles. The van der Waals surface area contributed by atoms with Crippen molar-refractivity contribution >= 4 is 5.97 Å². The van der Waals surface area contributed by atoms with E-state index in [9.17, 15) is 4.79 Å². The molecule has 1 unspecified atom stereocenters. The molecule has 0 amide bonds. The van der Waals surface area contributed by atoms with Crippen LogP contribution in [0.1, 0.15) is 39.5 Å². The van der Waals surface area contributed by atoms with E-state index >= 15 is 0 Å². The summed E-state index contributed by atoms with van der Waals surface area (Å²) >= 11 is 0. The lowest BCUT2D eigenvalue weighted by molar-refractivity contribution is -0.148. The predicted octanol–water partition coefficient (Wildman–Crippen LogP) is 1.42. The third-order valence-electron chi connectivity index (χ3n) is 4.20. The SMILES string of the molecule is CCCNC(C)(CCN1CCC(OC)CC1)C(=O)OC. The first-order chi connectivity index (χ1) is 9.55. The van der Waals surface area contributed by atoms with Crippen molar-refractivity contribution in [2.45, 2.75) is 51.2 Å². The molecule has 0 aromatic heterocycles. The zero-order valence-corrected chi connectivity index (χ0v) is 13.4. The van der Waals surface area contributed by atoms with Gasteiger partial charge >= 0.3 is 5.97 Å². The second kappa shape index (κ2) is 8.60. The zero-order chi connectivity index (χ0) is 15.0. The van der Waals surface area contributed by atoms with E-state index < -0.39 is 5.54 Å². The molecular weight excluding hydrogens is 256 g/mol. The Balaban J connectivity index is 2.44. The van der Waals surface area contributed by atoms with Gasteiger partial charge in [0.15, 0.2) is 0 Å². The van der Waals surface area contributed by atoms with Crippen LogP contribution in [0.3, 0.4) is 0 Å². The van der Waals surface area contributed by atoms with Gasteiger partial charge in [0.25, 0.3) is 0 Å². The highest BCUT2D eigenvalue weighted by Gasteiger charge is 2.34. The number of piperidine rings is 1. The molecule has 0 aliphatic carbocycles. The molecule has 0 saturated carbocycles. The monoisotopic (exact) mass is 286 g/mol. The average Bonchev–Trinajstić information content (AvgIpc) is 2.50. The summed E-state index contributed by atoms with van der Waals surface area (Å²) in [7, 11) is 3.24. The first-order valence-electron chi connectivity index (χ1n) is 7.64. The van der Waals surface area contributed by atoms with Crippen LogP contribution in [0.2, 0.25) is 0 Å². The fourth-order valence-electron chi connectivity index (χ4n) is 2.64. The third kappa shape index (κ3) is 5.04. The molecule has 20 heavy (non-hydrogen) atoms. The molecule has 0 spiro atoms. The summed E-state index contributed by atoms with van der Waals surface area (Å²) in [5.74, 6) is -0.169. The van der Waals surface area contributed by atoms with E-state index in [4.69, 9.17) is 9.47 Å². The van der Waals surface area contributed by atoms with Crippen LogP contribution >= 0.6 is 0 Å². The van der Waals surface area contributed by atoms with Crippen LogP contribution in [0.4, 0.5) is 0 Å². The van der Waals surface area contributed by atoms with E-state index in [1.54, 1.807) is 7.11 Å². The van der Waals surface area contributed by atoms with Crippen molar-refractivity contribution in [2.75, 3.05) is 40.4 Å². The van der Waals surface area contributed by atoms with Gasteiger partial charge in [0.1, 0.15) is 5.54 Å². The van der Waals surface area contributed by atoms with Crippen LogP contribution in [-0.2, 0) is 14.3 Å². The molecular formula is C15H30N2O3. The van der Waals surface area contributed by atoms with Crippen molar-refractivity contribution < 1.29 is 14.3 Å². The van der Waals surface area contributed by atoms with Crippen LogP contribution in [0.5, 0.6) is 0 Å². The van der Waals surface area contributed by atoms with Crippen molar-refractivity contribution in [3.8, 4) is 0 Å². The molecule has 1 N–H and O–H groups in total. The number of carbonyl (C=O) groups is 1. The molecule has 1 atom stereocenters. The Morgan fingerprint density at radius 1 is 1.35 bits per heavy atom. The molecule has 5 nitrogen and oxygen atoms in total. The molecule has 1 saturated heterocycles. The van der Waals surface area contributed by atoms with Gasteiger partial charge in [-0.25, -0.2) is 0 Å². The highest BCUT2D eigenvalue weighted by Crippen LogP contribution is 2.17. The molecule has 0 bridgehead atoms. The van der Waals surface area contributed by atoms with E-state index in [0.29, 0.717) is 6.10 Å². The smallest absolute Gasteiger partial charge is 0.325 e. The van der Waals surface area contributed by atoms with Crippen molar-refractivity contribution in [3.05, 3.63) is 0 Å². The Kier molecular flexibility index (Phi) is 7.48. The average molecular weight is 286 g/mol. The van der Waals surface area contributed by atoms with Gasteiger partial charge in [0.2, 0.25) is 0 Å². The molecule has 1 aliphatic rings. The normalized spacial score (nSPS) is 20.6. The van der Waals surface area contributed by atoms with Crippen LogP contribution < -0.4 is 5.32 Å². The summed E-state index contributed by atoms with van der Waals surface area (Å²) in [4.78, 5) is 14.4. The summed E-state index contributed by atoms with van der Waals surface area (Å²) in [6.07, 6.45) is 4.33. The zero-order valence-electron chi connectivity index (χ0n) is 13.4. The van der Waals surface area contributed by atoms with Crippen LogP contribution in [0.15, 0.2) is 0 Å². The maximum atomic E-state index is 12.0. The van der Waals surface area contributed by atoms with Gasteiger partial charge in [-0.3, -0.25) is 4.79 Å². The van der Waals surface area contributed by atoms with Gasteiger partial charge < -0.3 is 19.7 Å². The van der Waals surface area contributed by atoms with Gasteiger partial charge in [-0.15, -0.1) is 0 Å². The molecule has 118 valence electrons. The van der Waals surface area contributed by atoms with E-state index in [1.807, 2.05) is 6.92 Å². The van der Waals surface area contributed by atoms with Gasteiger partial charge in [-0.05, 0) is 39.2 Å². The number of rotatable bonds is 8. The first-order valence-corrected chi connectivity index (χ1v) is 7.64. The molecule has 5 heteroatoms. The van der Waals surface area contributed by atoms with Crippen molar-refractivity contribution in [2.24, 2.45) is 0 Å². The topological polar surface area (TPSA) is 50.8 Å². The molecule has 0 aromatic rings. The quantitative estimate of drug-likeness (QED) is 0.684. The summed E-state index contributed by atoms with van der Waals surface area (Å²) in [5.41, 5.74) is -0.580. The third-order valence-corrected chi connectivity index (χ3v) is 4.20. The molecule has 1 rings (SSSR count). The Labute approximate surface area is 123 Å². The summed E-state index contributed by atoms with van der Waals surface area (Å²) < 4.78 is 10.3. The highest BCUT2D eigenvalue weighted by atomic mass is 16.5. The van der Waals surface area contributed by atoms with Crippen LogP contribution in [0, 0.1) is 0 Å². The number of nitrogens with zero attached hydrogens (tertiary/aromatic N) is 1. The fraction of sp³-hybridized carbons (Fsp3) is 0.933. The second-order valence-electron chi connectivity index (χ2n) is 5.78. The molecule has 1 fully saturated rings. The largest absolute Gasteiger partial charge is 0.468 e. The summed E-state index contributed by atoms with van der Waals surface area (Å²) in [6.45, 7) is 7.87. The maximum Gasteiger partial charge on any atom is 0.325 e. The van der Waals surface area contributed by atoms with Gasteiger partial charge in [0.05, 0.1) is 13.2 Å². The number of methoxy groups -OCH3 is 2. The van der Waals surface area contributed by atoms with E-state index in [2.05, 4.69) is 17.1 Å². The van der Waals surface area contributed by atoms with Gasteiger partial charge in [-0.2, -0.15) is 0 Å². The first kappa shape index (κ1) is 17.4. The lowest BCUT2D eigenvalue weighted by atomic mass is 9.96. The molecule has 1 aliphatic heterocycles. The van der Waals surface area contributed by atoms with E-state index in [1.165, 1.54) is 7.11 Å². The summed E-state index contributed by atoms with van der Waals surface area (Å²) in [6, 6.07) is 0. The Hall–Kier alpha value is -0.650. The minimum atomic E-state index is -0.580. The second-order valence-corrected chi connectivity index (χ2v) is 5.78. The Bertz CT molecular complexity index is 291. The maximum absolute atomic E-state index is 12.0. The van der Waals surface area contributed by atoms with Crippen molar-refractivity contribution in [1.82, 2.24) is 10.2 Å². The summed E-state index contributed by atoms with van der Waals surface area (Å²) in [5, 5.41) is 3.33. The number of hydrogen-bond acceptors (Lipinski definition) is 5. The molecule has 0 radical (unpaired) electrons. The Morgan fingerprint density at radius 3 is 2.50 bits per heavy atom. The van der Waals surface area contributed by atoms with E-state index in [-0.39, 0.29) is 5.97 Å². The fourth-order valence-corrected chi connectivity index (χ4v) is 2.64. The number of carbonyl (C=O) groups excluding carboxylic acids is 1. The van der Waals surface area contributed by atoms with Gasteiger partial charge in [0, 0.05) is 26.7 Å².